The predicted molar refractivity (Wildman–Crippen MR) is 143 cm³/mol. The fourth-order valence-electron chi connectivity index (χ4n) is 3.75. The van der Waals surface area contributed by atoms with E-state index in [-0.39, 0.29) is 5.78 Å². The maximum absolute atomic E-state index is 12.7. The largest absolute Gasteiger partial charge is 0.494 e. The summed E-state index contributed by atoms with van der Waals surface area (Å²) in [7, 11) is 7.45. The topological polar surface area (TPSA) is 123 Å². The van der Waals surface area contributed by atoms with Crippen molar-refractivity contribution < 1.29 is 9.53 Å². The first kappa shape index (κ1) is 25.7. The molecule has 3 heterocycles. The molecule has 0 aliphatic rings. The quantitative estimate of drug-likeness (QED) is 0.293. The Morgan fingerprint density at radius 2 is 1.86 bits per heavy atom. The first-order valence-electron chi connectivity index (χ1n) is 11.9. The number of carbonyl (C=O) groups is 1. The van der Waals surface area contributed by atoms with Crippen LogP contribution in [0, 0.1) is 0 Å². The third-order valence-corrected chi connectivity index (χ3v) is 5.65. The van der Waals surface area contributed by atoms with E-state index in [1.54, 1.807) is 30.4 Å². The minimum absolute atomic E-state index is 0.0314. The highest BCUT2D eigenvalue weighted by Gasteiger charge is 2.18. The summed E-state index contributed by atoms with van der Waals surface area (Å²) in [5.41, 5.74) is 3.39. The molecule has 1 aromatic carbocycles. The number of benzene rings is 1. The van der Waals surface area contributed by atoms with Crippen LogP contribution in [0.5, 0.6) is 5.75 Å². The van der Waals surface area contributed by atoms with Gasteiger partial charge in [0.05, 0.1) is 29.6 Å². The van der Waals surface area contributed by atoms with Crippen LogP contribution in [0.1, 0.15) is 29.4 Å². The molecule has 0 bridgehead atoms. The molecule has 0 fully saturated rings. The zero-order chi connectivity index (χ0) is 26.4. The van der Waals surface area contributed by atoms with E-state index in [9.17, 15) is 4.79 Å². The molecule has 2 N–H and O–H groups in total. The van der Waals surface area contributed by atoms with E-state index in [0.717, 1.165) is 24.2 Å². The van der Waals surface area contributed by atoms with Crippen molar-refractivity contribution in [3.63, 3.8) is 0 Å². The van der Waals surface area contributed by atoms with Gasteiger partial charge in [0, 0.05) is 50.5 Å². The molecule has 0 amide bonds. The fraction of sp³-hybridized carbons (Fsp3) is 0.308. The second kappa shape index (κ2) is 11.6. The third-order valence-electron chi connectivity index (χ3n) is 5.65. The Morgan fingerprint density at radius 1 is 1.05 bits per heavy atom. The van der Waals surface area contributed by atoms with Crippen LogP contribution in [0.15, 0.2) is 49.2 Å². The molecule has 4 rings (SSSR count). The molecular formula is C26H31N9O2. The van der Waals surface area contributed by atoms with E-state index in [2.05, 4.69) is 40.6 Å². The molecule has 0 spiro atoms. The monoisotopic (exact) mass is 501 g/mol. The van der Waals surface area contributed by atoms with Crippen molar-refractivity contribution >= 4 is 28.8 Å². The average Bonchev–Trinajstić information content (AvgIpc) is 3.33. The predicted octanol–water partition coefficient (Wildman–Crippen LogP) is 3.86. The molecule has 0 unspecified atom stereocenters. The van der Waals surface area contributed by atoms with Gasteiger partial charge >= 0.3 is 0 Å². The van der Waals surface area contributed by atoms with E-state index < -0.39 is 0 Å². The maximum Gasteiger partial charge on any atom is 0.184 e. The number of ketones is 1. The number of hydrogen-bond donors (Lipinski definition) is 2. The number of likely N-dealkylation sites (N-methyl/N-ethyl adjacent to an activating group) is 1. The van der Waals surface area contributed by atoms with Crippen LogP contribution in [0.3, 0.4) is 0 Å². The molecule has 4 aromatic rings. The summed E-state index contributed by atoms with van der Waals surface area (Å²) >= 11 is 0. The van der Waals surface area contributed by atoms with Gasteiger partial charge in [-0.05, 0) is 26.2 Å². The summed E-state index contributed by atoms with van der Waals surface area (Å²) in [5.74, 6) is 2.23. The minimum atomic E-state index is -0.0314. The van der Waals surface area contributed by atoms with E-state index in [1.807, 2.05) is 52.3 Å². The van der Waals surface area contributed by atoms with Crippen molar-refractivity contribution in [2.24, 2.45) is 7.05 Å². The molecule has 0 aliphatic heterocycles. The normalized spacial score (nSPS) is 11.0. The van der Waals surface area contributed by atoms with Gasteiger partial charge in [0.15, 0.2) is 17.4 Å². The van der Waals surface area contributed by atoms with Crippen molar-refractivity contribution in [3.05, 3.63) is 60.4 Å². The molecule has 0 saturated carbocycles. The molecule has 0 saturated heterocycles. The molecule has 0 atom stereocenters. The second-order valence-electron chi connectivity index (χ2n) is 8.72. The van der Waals surface area contributed by atoms with E-state index in [4.69, 9.17) is 4.74 Å². The Labute approximate surface area is 216 Å². The van der Waals surface area contributed by atoms with E-state index in [0.29, 0.717) is 46.6 Å². The van der Waals surface area contributed by atoms with Gasteiger partial charge in [-0.2, -0.15) is 5.10 Å². The highest BCUT2D eigenvalue weighted by molar-refractivity contribution is 6.02. The first-order chi connectivity index (χ1) is 17.9. The van der Waals surface area contributed by atoms with Crippen molar-refractivity contribution in [2.75, 3.05) is 38.4 Å². The number of para-hydroxylation sites is 1. The molecule has 11 nitrogen and oxygen atoms in total. The Hall–Kier alpha value is -4.38. The number of aromatic nitrogens is 6. The Balaban J connectivity index is 1.66. The lowest BCUT2D eigenvalue weighted by molar-refractivity contribution is 0.0988. The number of pyridine rings is 1. The lowest BCUT2D eigenvalue weighted by atomic mass is 10.1. The van der Waals surface area contributed by atoms with E-state index in [1.165, 1.54) is 6.33 Å². The van der Waals surface area contributed by atoms with Gasteiger partial charge in [-0.1, -0.05) is 13.0 Å². The van der Waals surface area contributed by atoms with Crippen LogP contribution in [-0.4, -0.2) is 68.1 Å². The minimum Gasteiger partial charge on any atom is -0.494 e. The zero-order valence-electron chi connectivity index (χ0n) is 21.7. The lowest BCUT2D eigenvalue weighted by Crippen LogP contribution is -2.15. The maximum atomic E-state index is 12.7. The van der Waals surface area contributed by atoms with Crippen molar-refractivity contribution in [1.82, 2.24) is 34.6 Å². The molecule has 0 radical (unpaired) electrons. The Kier molecular flexibility index (Phi) is 8.04. The van der Waals surface area contributed by atoms with Crippen LogP contribution in [-0.2, 0) is 13.5 Å². The molecule has 3 aromatic heterocycles. The van der Waals surface area contributed by atoms with Gasteiger partial charge < -0.3 is 20.3 Å². The third kappa shape index (κ3) is 6.25. The number of rotatable bonds is 11. The second-order valence-corrected chi connectivity index (χ2v) is 8.72. The first-order valence-corrected chi connectivity index (χ1v) is 11.9. The molecule has 11 heteroatoms. The van der Waals surface area contributed by atoms with Crippen molar-refractivity contribution in [3.8, 4) is 17.1 Å². The number of aryl methyl sites for hydroxylation is 1. The highest BCUT2D eigenvalue weighted by Crippen LogP contribution is 2.37. The van der Waals surface area contributed by atoms with Gasteiger partial charge in [0.1, 0.15) is 24.3 Å². The number of methoxy groups -OCH3 is 1. The van der Waals surface area contributed by atoms with Gasteiger partial charge in [-0.15, -0.1) is 0 Å². The van der Waals surface area contributed by atoms with Crippen LogP contribution >= 0.6 is 0 Å². The van der Waals surface area contributed by atoms with Crippen LogP contribution in [0.2, 0.25) is 0 Å². The van der Waals surface area contributed by atoms with Crippen LogP contribution in [0.4, 0.5) is 23.0 Å². The van der Waals surface area contributed by atoms with Crippen molar-refractivity contribution in [2.45, 2.75) is 19.8 Å². The average molecular weight is 502 g/mol. The number of nitrogens with one attached hydrogen (secondary N) is 2. The number of hydrogen-bond acceptors (Lipinski definition) is 10. The van der Waals surface area contributed by atoms with Crippen molar-refractivity contribution in [1.29, 1.82) is 0 Å². The highest BCUT2D eigenvalue weighted by atomic mass is 16.5. The molecule has 37 heavy (non-hydrogen) atoms. The van der Waals surface area contributed by atoms with Crippen LogP contribution in [0.25, 0.3) is 11.4 Å². The summed E-state index contributed by atoms with van der Waals surface area (Å²) in [4.78, 5) is 32.3. The SMILES string of the molecule is CCC(=O)c1cnc(Nc2cc(CCN(C)C)ncn2)cc1Nc1cccc(-c2ncn(C)n2)c1OC. The van der Waals surface area contributed by atoms with Gasteiger partial charge in [-0.25, -0.2) is 19.9 Å². The summed E-state index contributed by atoms with van der Waals surface area (Å²) in [6.45, 7) is 2.70. The standard InChI is InChI=1S/C26H31N9O2/c1-6-22(36)19-14-27-24(32-23-12-17(28-15-29-23)10-11-34(2)3)13-21(19)31-20-9-7-8-18(25(20)37-5)26-30-16-35(4)33-26/h7-9,12-16H,6,10-11H2,1-5H3,(H2,27,28,29,31,32). The molecule has 0 aliphatic carbocycles. The fourth-order valence-corrected chi connectivity index (χ4v) is 3.75. The number of anilines is 4. The number of Topliss-reactive ketones (excluding diaryl/α,β-unsaturated/α-hetero) is 1. The summed E-state index contributed by atoms with van der Waals surface area (Å²) in [5, 5.41) is 11.0. The summed E-state index contributed by atoms with van der Waals surface area (Å²) in [6.07, 6.45) is 5.88. The smallest absolute Gasteiger partial charge is 0.184 e. The summed E-state index contributed by atoms with van der Waals surface area (Å²) < 4.78 is 7.36. The number of nitrogens with zero attached hydrogens (tertiary/aromatic N) is 7. The number of ether oxygens (including phenoxy) is 1. The van der Waals surface area contributed by atoms with Gasteiger partial charge in [0.2, 0.25) is 0 Å². The Bertz CT molecular complexity index is 1380. The van der Waals surface area contributed by atoms with Gasteiger partial charge in [-0.3, -0.25) is 9.48 Å². The Morgan fingerprint density at radius 3 is 2.57 bits per heavy atom. The lowest BCUT2D eigenvalue weighted by Gasteiger charge is -2.17. The van der Waals surface area contributed by atoms with E-state index >= 15 is 0 Å². The zero-order valence-corrected chi connectivity index (χ0v) is 21.7. The summed E-state index contributed by atoms with van der Waals surface area (Å²) in [6, 6.07) is 9.33. The number of carbonyl (C=O) groups excluding carboxylic acids is 1. The molecule has 192 valence electrons. The van der Waals surface area contributed by atoms with Gasteiger partial charge in [0.25, 0.3) is 0 Å². The van der Waals surface area contributed by atoms with Crippen LogP contribution < -0.4 is 15.4 Å². The molecular weight excluding hydrogens is 470 g/mol.